The first kappa shape index (κ1) is 14.6. The van der Waals surface area contributed by atoms with Gasteiger partial charge in [0.15, 0.2) is 11.6 Å². The third-order valence-corrected chi connectivity index (χ3v) is 3.27. The maximum atomic E-state index is 13.3. The highest BCUT2D eigenvalue weighted by Gasteiger charge is 2.13. The van der Waals surface area contributed by atoms with Gasteiger partial charge in [-0.1, -0.05) is 35.4 Å². The highest BCUT2D eigenvalue weighted by atomic mass is 19.2. The van der Waals surface area contributed by atoms with E-state index in [1.807, 2.05) is 13.8 Å². The quantitative estimate of drug-likeness (QED) is 0.664. The van der Waals surface area contributed by atoms with E-state index < -0.39 is 11.6 Å². The standard InChI is InChI=1S/C16H18F2N2/c1-10-5-11(2)7-12(6-10)8-16(20-19)13-3-4-14(17)15(18)9-13/h3-7,9,16,20H,8,19H2,1-2H3. The zero-order valence-electron chi connectivity index (χ0n) is 11.6. The Morgan fingerprint density at radius 1 is 1.00 bits per heavy atom. The van der Waals surface area contributed by atoms with Crippen LogP contribution < -0.4 is 11.3 Å². The van der Waals surface area contributed by atoms with Crippen molar-refractivity contribution in [2.45, 2.75) is 26.3 Å². The van der Waals surface area contributed by atoms with Crippen molar-refractivity contribution in [3.8, 4) is 0 Å². The maximum Gasteiger partial charge on any atom is 0.159 e. The summed E-state index contributed by atoms with van der Waals surface area (Å²) in [6.45, 7) is 4.05. The zero-order valence-corrected chi connectivity index (χ0v) is 11.6. The van der Waals surface area contributed by atoms with Crippen LogP contribution in [-0.4, -0.2) is 0 Å². The lowest BCUT2D eigenvalue weighted by Crippen LogP contribution is -2.29. The third kappa shape index (κ3) is 3.40. The molecule has 2 nitrogen and oxygen atoms in total. The van der Waals surface area contributed by atoms with Gasteiger partial charge >= 0.3 is 0 Å². The molecule has 0 heterocycles. The van der Waals surface area contributed by atoms with Crippen molar-refractivity contribution in [2.75, 3.05) is 0 Å². The van der Waals surface area contributed by atoms with Gasteiger partial charge < -0.3 is 0 Å². The molecule has 2 aromatic rings. The summed E-state index contributed by atoms with van der Waals surface area (Å²) in [6.07, 6.45) is 0.615. The first-order valence-electron chi connectivity index (χ1n) is 6.48. The summed E-state index contributed by atoms with van der Waals surface area (Å²) >= 11 is 0. The number of rotatable bonds is 4. The number of hydrazine groups is 1. The minimum absolute atomic E-state index is 0.258. The lowest BCUT2D eigenvalue weighted by Gasteiger charge is -2.17. The van der Waals surface area contributed by atoms with E-state index in [0.717, 1.165) is 11.6 Å². The van der Waals surface area contributed by atoms with Crippen molar-refractivity contribution >= 4 is 0 Å². The van der Waals surface area contributed by atoms with Crippen molar-refractivity contribution in [3.63, 3.8) is 0 Å². The fraction of sp³-hybridized carbons (Fsp3) is 0.250. The molecule has 0 aromatic heterocycles. The molecule has 2 aromatic carbocycles. The molecule has 0 amide bonds. The lowest BCUT2D eigenvalue weighted by atomic mass is 9.97. The first-order valence-corrected chi connectivity index (χ1v) is 6.48. The summed E-state index contributed by atoms with van der Waals surface area (Å²) in [6, 6.07) is 9.82. The molecule has 20 heavy (non-hydrogen) atoms. The van der Waals surface area contributed by atoms with Gasteiger partial charge in [0.1, 0.15) is 0 Å². The Balaban J connectivity index is 2.26. The number of halogens is 2. The molecular formula is C16H18F2N2. The summed E-state index contributed by atoms with van der Waals surface area (Å²) < 4.78 is 26.3. The van der Waals surface area contributed by atoms with Gasteiger partial charge in [-0.25, -0.2) is 8.78 Å². The normalized spacial score (nSPS) is 12.4. The van der Waals surface area contributed by atoms with E-state index in [1.165, 1.54) is 17.2 Å². The predicted octanol–water partition coefficient (Wildman–Crippen LogP) is 3.33. The average Bonchev–Trinajstić information content (AvgIpc) is 2.38. The van der Waals surface area contributed by atoms with Crippen molar-refractivity contribution in [1.29, 1.82) is 0 Å². The molecule has 3 N–H and O–H groups in total. The van der Waals surface area contributed by atoms with Crippen molar-refractivity contribution < 1.29 is 8.78 Å². The van der Waals surface area contributed by atoms with Gasteiger partial charge in [0.25, 0.3) is 0 Å². The second-order valence-electron chi connectivity index (χ2n) is 5.09. The molecule has 0 bridgehead atoms. The number of nitrogens with two attached hydrogens (primary N) is 1. The summed E-state index contributed by atoms with van der Waals surface area (Å²) in [4.78, 5) is 0. The fourth-order valence-electron chi connectivity index (χ4n) is 2.42. The molecule has 0 fully saturated rings. The van der Waals surface area contributed by atoms with E-state index in [9.17, 15) is 8.78 Å². The van der Waals surface area contributed by atoms with Gasteiger partial charge in [0, 0.05) is 0 Å². The number of aryl methyl sites for hydroxylation is 2. The Kier molecular flexibility index (Phi) is 4.47. The molecular weight excluding hydrogens is 258 g/mol. The molecule has 0 saturated heterocycles. The van der Waals surface area contributed by atoms with Gasteiger partial charge in [-0.3, -0.25) is 11.3 Å². The summed E-state index contributed by atoms with van der Waals surface area (Å²) in [5, 5.41) is 0. The van der Waals surface area contributed by atoms with Crippen molar-refractivity contribution in [2.24, 2.45) is 5.84 Å². The molecule has 0 aliphatic rings. The van der Waals surface area contributed by atoms with Crippen molar-refractivity contribution in [3.05, 3.63) is 70.3 Å². The molecule has 0 spiro atoms. The van der Waals surface area contributed by atoms with E-state index in [1.54, 1.807) is 6.07 Å². The second-order valence-corrected chi connectivity index (χ2v) is 5.09. The van der Waals surface area contributed by atoms with Gasteiger partial charge in [0.2, 0.25) is 0 Å². The van der Waals surface area contributed by atoms with Crippen LogP contribution >= 0.6 is 0 Å². The largest absolute Gasteiger partial charge is 0.271 e. The minimum Gasteiger partial charge on any atom is -0.271 e. The van der Waals surface area contributed by atoms with E-state index >= 15 is 0 Å². The third-order valence-electron chi connectivity index (χ3n) is 3.27. The fourth-order valence-corrected chi connectivity index (χ4v) is 2.42. The molecule has 0 aliphatic carbocycles. The van der Waals surface area contributed by atoms with Crippen molar-refractivity contribution in [1.82, 2.24) is 5.43 Å². The van der Waals surface area contributed by atoms with Crippen LogP contribution in [0.25, 0.3) is 0 Å². The second kappa shape index (κ2) is 6.11. The lowest BCUT2D eigenvalue weighted by molar-refractivity contribution is 0.497. The number of hydrogen-bond donors (Lipinski definition) is 2. The van der Waals surface area contributed by atoms with E-state index in [4.69, 9.17) is 5.84 Å². The summed E-state index contributed by atoms with van der Waals surface area (Å²) in [5.74, 6) is 3.84. The van der Waals surface area contributed by atoms with Crippen LogP contribution in [0.5, 0.6) is 0 Å². The maximum absolute atomic E-state index is 13.3. The van der Waals surface area contributed by atoms with Crippen LogP contribution in [0.4, 0.5) is 8.78 Å². The van der Waals surface area contributed by atoms with Crippen LogP contribution in [-0.2, 0) is 6.42 Å². The molecule has 1 unspecified atom stereocenters. The van der Waals surface area contributed by atoms with Gasteiger partial charge in [0.05, 0.1) is 6.04 Å². The Bertz CT molecular complexity index is 591. The minimum atomic E-state index is -0.858. The molecule has 0 saturated carbocycles. The molecule has 106 valence electrons. The predicted molar refractivity (Wildman–Crippen MR) is 76.0 cm³/mol. The van der Waals surface area contributed by atoms with Gasteiger partial charge in [-0.15, -0.1) is 0 Å². The molecule has 4 heteroatoms. The summed E-state index contributed by atoms with van der Waals surface area (Å²) in [5.41, 5.74) is 6.74. The monoisotopic (exact) mass is 276 g/mol. The highest BCUT2D eigenvalue weighted by molar-refractivity contribution is 5.31. The summed E-state index contributed by atoms with van der Waals surface area (Å²) in [7, 11) is 0. The van der Waals surface area contributed by atoms with Gasteiger partial charge in [-0.05, 0) is 43.5 Å². The van der Waals surface area contributed by atoms with E-state index in [0.29, 0.717) is 12.0 Å². The average molecular weight is 276 g/mol. The smallest absolute Gasteiger partial charge is 0.159 e. The van der Waals surface area contributed by atoms with Crippen LogP contribution in [0.3, 0.4) is 0 Å². The van der Waals surface area contributed by atoms with Crippen LogP contribution in [0, 0.1) is 25.5 Å². The van der Waals surface area contributed by atoms with Crippen LogP contribution in [0.2, 0.25) is 0 Å². The Hall–Kier alpha value is -1.78. The Morgan fingerprint density at radius 3 is 2.20 bits per heavy atom. The topological polar surface area (TPSA) is 38.0 Å². The Morgan fingerprint density at radius 2 is 1.65 bits per heavy atom. The highest BCUT2D eigenvalue weighted by Crippen LogP contribution is 2.21. The number of nitrogens with one attached hydrogen (secondary N) is 1. The van der Waals surface area contributed by atoms with Gasteiger partial charge in [-0.2, -0.15) is 0 Å². The first-order chi connectivity index (χ1) is 9.49. The Labute approximate surface area is 117 Å². The molecule has 0 aliphatic heterocycles. The molecule has 2 rings (SSSR count). The number of benzene rings is 2. The molecule has 0 radical (unpaired) electrons. The van der Waals surface area contributed by atoms with Crippen LogP contribution in [0.1, 0.15) is 28.3 Å². The van der Waals surface area contributed by atoms with Crippen LogP contribution in [0.15, 0.2) is 36.4 Å². The zero-order chi connectivity index (χ0) is 14.7. The van der Waals surface area contributed by atoms with E-state index in [-0.39, 0.29) is 6.04 Å². The SMILES string of the molecule is Cc1cc(C)cc(CC(NN)c2ccc(F)c(F)c2)c1. The molecule has 1 atom stereocenters. The number of hydrogen-bond acceptors (Lipinski definition) is 2. The van der Waals surface area contributed by atoms with E-state index in [2.05, 4.69) is 23.6 Å².